The van der Waals surface area contributed by atoms with Gasteiger partial charge >= 0.3 is 0 Å². The Labute approximate surface area is 195 Å². The van der Waals surface area contributed by atoms with Gasteiger partial charge in [-0.05, 0) is 73.5 Å². The average Bonchev–Trinajstić information content (AvgIpc) is 3.24. The zero-order valence-electron chi connectivity index (χ0n) is 23.1. The van der Waals surface area contributed by atoms with Crippen molar-refractivity contribution in [3.8, 4) is 0 Å². The Morgan fingerprint density at radius 2 is 1.10 bits per heavy atom. The highest BCUT2D eigenvalue weighted by Crippen LogP contribution is 2.36. The maximum atomic E-state index is 9.99. The summed E-state index contributed by atoms with van der Waals surface area (Å²) >= 11 is 0. The minimum absolute atomic E-state index is 0.0220. The highest BCUT2D eigenvalue weighted by atomic mass is 16.5. The molecule has 2 aliphatic carbocycles. The van der Waals surface area contributed by atoms with Crippen LogP contribution in [0, 0.1) is 40.9 Å². The van der Waals surface area contributed by atoms with Crippen molar-refractivity contribution >= 4 is 0 Å². The first-order valence-corrected chi connectivity index (χ1v) is 13.2. The van der Waals surface area contributed by atoms with Crippen molar-refractivity contribution in [2.45, 2.75) is 140 Å². The first-order chi connectivity index (χ1) is 14.1. The maximum absolute atomic E-state index is 9.99. The largest absolute Gasteiger partial charge is 0.393 e. The zero-order valence-corrected chi connectivity index (χ0v) is 23.1. The van der Waals surface area contributed by atoms with Crippen LogP contribution in [0.3, 0.4) is 0 Å². The van der Waals surface area contributed by atoms with Crippen LogP contribution in [0.5, 0.6) is 0 Å². The molecular weight excluding hydrogens is 384 g/mol. The summed E-state index contributed by atoms with van der Waals surface area (Å²) in [5, 5.41) is 19.4. The number of aliphatic hydroxyl groups is 2. The van der Waals surface area contributed by atoms with Crippen LogP contribution in [0.2, 0.25) is 0 Å². The van der Waals surface area contributed by atoms with Crippen molar-refractivity contribution in [1.82, 2.24) is 0 Å². The van der Waals surface area contributed by atoms with Gasteiger partial charge in [-0.25, -0.2) is 0 Å². The summed E-state index contributed by atoms with van der Waals surface area (Å²) < 4.78 is 5.79. The molecule has 3 heteroatoms. The predicted molar refractivity (Wildman–Crippen MR) is 135 cm³/mol. The van der Waals surface area contributed by atoms with E-state index in [4.69, 9.17) is 4.74 Å². The number of aliphatic hydroxyl groups excluding tert-OH is 2. The van der Waals surface area contributed by atoms with Crippen LogP contribution >= 0.6 is 0 Å². The fourth-order valence-corrected chi connectivity index (χ4v) is 4.54. The highest BCUT2D eigenvalue weighted by molar-refractivity contribution is 4.85. The Hall–Kier alpha value is -0.120. The summed E-state index contributed by atoms with van der Waals surface area (Å²) in [6.45, 7) is 26.1. The molecule has 0 spiro atoms. The van der Waals surface area contributed by atoms with E-state index in [9.17, 15) is 10.2 Å². The van der Waals surface area contributed by atoms with Gasteiger partial charge in [0.15, 0.2) is 0 Å². The van der Waals surface area contributed by atoms with E-state index in [0.29, 0.717) is 23.9 Å². The fourth-order valence-electron chi connectivity index (χ4n) is 4.54. The van der Waals surface area contributed by atoms with Gasteiger partial charge in [-0.2, -0.15) is 0 Å². The number of hydrogen-bond acceptors (Lipinski definition) is 3. The molecule has 0 aromatic rings. The van der Waals surface area contributed by atoms with Crippen molar-refractivity contribution in [3.05, 3.63) is 0 Å². The molecule has 3 fully saturated rings. The van der Waals surface area contributed by atoms with E-state index < -0.39 is 0 Å². The first-order valence-electron chi connectivity index (χ1n) is 13.2. The van der Waals surface area contributed by atoms with Gasteiger partial charge < -0.3 is 14.9 Å². The van der Waals surface area contributed by atoms with Gasteiger partial charge in [-0.1, -0.05) is 82.6 Å². The third kappa shape index (κ3) is 12.6. The van der Waals surface area contributed by atoms with Crippen LogP contribution in [-0.4, -0.2) is 34.6 Å². The van der Waals surface area contributed by atoms with Gasteiger partial charge in [0.05, 0.1) is 24.4 Å². The summed E-state index contributed by atoms with van der Waals surface area (Å²) in [6, 6.07) is 0. The lowest BCUT2D eigenvalue weighted by atomic mass is 9.82. The Balaban J connectivity index is 0.000000449. The second-order valence-corrected chi connectivity index (χ2v) is 12.4. The molecule has 31 heavy (non-hydrogen) atoms. The Morgan fingerprint density at radius 3 is 1.35 bits per heavy atom. The molecular formula is C28H58O3. The van der Waals surface area contributed by atoms with Crippen molar-refractivity contribution in [1.29, 1.82) is 0 Å². The number of rotatable bonds is 1. The predicted octanol–water partition coefficient (Wildman–Crippen LogP) is 7.33. The van der Waals surface area contributed by atoms with Gasteiger partial charge in [0.25, 0.3) is 0 Å². The summed E-state index contributed by atoms with van der Waals surface area (Å²) in [5.41, 5.74) is 0.225. The molecule has 0 aromatic heterocycles. The van der Waals surface area contributed by atoms with Gasteiger partial charge in [-0.3, -0.25) is 0 Å². The van der Waals surface area contributed by atoms with Gasteiger partial charge in [-0.15, -0.1) is 0 Å². The lowest BCUT2D eigenvalue weighted by Crippen LogP contribution is -2.44. The van der Waals surface area contributed by atoms with Gasteiger partial charge in [0.1, 0.15) is 0 Å². The summed E-state index contributed by atoms with van der Waals surface area (Å²) in [5.74, 6) is 4.22. The molecule has 10 unspecified atom stereocenters. The van der Waals surface area contributed by atoms with Gasteiger partial charge in [0.2, 0.25) is 0 Å². The fraction of sp³-hybridized carbons (Fsp3) is 1.00. The van der Waals surface area contributed by atoms with E-state index in [2.05, 4.69) is 83.1 Å². The molecule has 1 aliphatic heterocycles. The quantitative estimate of drug-likeness (QED) is 0.447. The van der Waals surface area contributed by atoms with E-state index in [1.165, 1.54) is 19.3 Å². The summed E-state index contributed by atoms with van der Waals surface area (Å²) in [6.07, 6.45) is 5.81. The SMILES string of the molecule is CC1CC(C)C(O)C(CC(C)(C)C)O1.CC1CC(C)C(O)C1C.CC1CC1C.CCC. The molecule has 0 bridgehead atoms. The van der Waals surface area contributed by atoms with Crippen molar-refractivity contribution in [3.63, 3.8) is 0 Å². The molecule has 2 saturated carbocycles. The van der Waals surface area contributed by atoms with Crippen LogP contribution < -0.4 is 0 Å². The normalized spacial score (nSPS) is 41.6. The van der Waals surface area contributed by atoms with E-state index in [0.717, 1.165) is 30.6 Å². The average molecular weight is 443 g/mol. The molecule has 1 saturated heterocycles. The smallest absolute Gasteiger partial charge is 0.0845 e. The molecule has 0 amide bonds. The molecule has 2 N–H and O–H groups in total. The van der Waals surface area contributed by atoms with Crippen LogP contribution in [0.1, 0.15) is 115 Å². The molecule has 10 atom stereocenters. The van der Waals surface area contributed by atoms with Crippen molar-refractivity contribution < 1.29 is 14.9 Å². The molecule has 3 rings (SSSR count). The van der Waals surface area contributed by atoms with E-state index in [1.54, 1.807) is 0 Å². The lowest BCUT2D eigenvalue weighted by molar-refractivity contribution is -0.146. The van der Waals surface area contributed by atoms with Crippen LogP contribution in [0.15, 0.2) is 0 Å². The minimum atomic E-state index is -0.287. The second kappa shape index (κ2) is 14.2. The molecule has 0 radical (unpaired) electrons. The van der Waals surface area contributed by atoms with E-state index in [1.807, 2.05) is 0 Å². The second-order valence-electron chi connectivity index (χ2n) is 12.4. The Morgan fingerprint density at radius 1 is 0.677 bits per heavy atom. The van der Waals surface area contributed by atoms with Crippen LogP contribution in [0.25, 0.3) is 0 Å². The highest BCUT2D eigenvalue weighted by Gasteiger charge is 2.35. The molecule has 188 valence electrons. The molecule has 3 nitrogen and oxygen atoms in total. The third-order valence-corrected chi connectivity index (χ3v) is 7.16. The number of ether oxygens (including phenoxy) is 1. The van der Waals surface area contributed by atoms with Crippen molar-refractivity contribution in [2.24, 2.45) is 40.9 Å². The first kappa shape index (κ1) is 30.9. The maximum Gasteiger partial charge on any atom is 0.0845 e. The lowest BCUT2D eigenvalue weighted by Gasteiger charge is -2.39. The monoisotopic (exact) mass is 442 g/mol. The van der Waals surface area contributed by atoms with E-state index >= 15 is 0 Å². The van der Waals surface area contributed by atoms with Crippen LogP contribution in [0.4, 0.5) is 0 Å². The zero-order chi connectivity index (χ0) is 24.5. The third-order valence-electron chi connectivity index (χ3n) is 7.16. The standard InChI is InChI=1S/C12H24O2.C8H16O.C5H10.C3H8/c1-8-6-9(2)14-10(11(8)13)7-12(3,4)5;1-5-4-6(2)8(9)7(5)3;1-4-3-5(4)2;1-3-2/h8-11,13H,6-7H2,1-5H3;5-9H,4H2,1-3H3;4-5H,3H2,1-2H3;3H2,1-2H3. The molecule has 0 aromatic carbocycles. The minimum Gasteiger partial charge on any atom is -0.393 e. The summed E-state index contributed by atoms with van der Waals surface area (Å²) in [7, 11) is 0. The Kier molecular flexibility index (Phi) is 14.2. The van der Waals surface area contributed by atoms with Crippen molar-refractivity contribution in [2.75, 3.05) is 0 Å². The molecule has 1 heterocycles. The van der Waals surface area contributed by atoms with E-state index in [-0.39, 0.29) is 23.7 Å². The molecule has 3 aliphatic rings. The number of hydrogen-bond donors (Lipinski definition) is 2. The van der Waals surface area contributed by atoms with Crippen LogP contribution in [-0.2, 0) is 4.74 Å². The Bertz CT molecular complexity index is 440. The summed E-state index contributed by atoms with van der Waals surface area (Å²) in [4.78, 5) is 0. The van der Waals surface area contributed by atoms with Gasteiger partial charge in [0, 0.05) is 0 Å². The topological polar surface area (TPSA) is 49.7 Å².